The van der Waals surface area contributed by atoms with Crippen LogP contribution in [0.5, 0.6) is 0 Å². The van der Waals surface area contributed by atoms with Crippen LogP contribution < -0.4 is 0 Å². The van der Waals surface area contributed by atoms with Crippen LogP contribution in [0.25, 0.3) is 0 Å². The van der Waals surface area contributed by atoms with Gasteiger partial charge >= 0.3 is 0 Å². The second-order valence-corrected chi connectivity index (χ2v) is 3.19. The van der Waals surface area contributed by atoms with Crippen LogP contribution in [0.3, 0.4) is 0 Å². The molecule has 0 spiro atoms. The summed E-state index contributed by atoms with van der Waals surface area (Å²) >= 11 is 0. The SMILES string of the molecule is CCOCCOCCO.Cc1ccccc1. The summed E-state index contributed by atoms with van der Waals surface area (Å²) in [5.41, 5.74) is 1.32. The molecular weight excluding hydrogens is 204 g/mol. The van der Waals surface area contributed by atoms with Crippen LogP contribution >= 0.6 is 0 Å². The van der Waals surface area contributed by atoms with E-state index in [0.29, 0.717) is 19.8 Å². The second kappa shape index (κ2) is 12.2. The predicted molar refractivity (Wildman–Crippen MR) is 65.6 cm³/mol. The Kier molecular flexibility index (Phi) is 11.5. The van der Waals surface area contributed by atoms with Crippen LogP contribution in [0.2, 0.25) is 0 Å². The molecule has 0 saturated carbocycles. The molecule has 0 fully saturated rings. The van der Waals surface area contributed by atoms with Crippen LogP contribution in [-0.4, -0.2) is 38.1 Å². The fourth-order valence-electron chi connectivity index (χ4n) is 0.963. The van der Waals surface area contributed by atoms with Crippen LogP contribution in [0, 0.1) is 6.92 Å². The van der Waals surface area contributed by atoms with E-state index in [1.165, 1.54) is 5.56 Å². The Hall–Kier alpha value is -0.900. The average Bonchev–Trinajstić information content (AvgIpc) is 2.31. The maximum Gasteiger partial charge on any atom is 0.0701 e. The average molecular weight is 226 g/mol. The largest absolute Gasteiger partial charge is 0.394 e. The molecule has 3 heteroatoms. The van der Waals surface area contributed by atoms with Gasteiger partial charge in [-0.1, -0.05) is 35.9 Å². The van der Waals surface area contributed by atoms with E-state index in [0.717, 1.165) is 6.61 Å². The Labute approximate surface area is 98.0 Å². The fraction of sp³-hybridized carbons (Fsp3) is 0.538. The normalized spacial score (nSPS) is 9.44. The van der Waals surface area contributed by atoms with Gasteiger partial charge in [0, 0.05) is 6.61 Å². The highest BCUT2D eigenvalue weighted by molar-refractivity contribution is 5.11. The van der Waals surface area contributed by atoms with Gasteiger partial charge in [-0.15, -0.1) is 0 Å². The molecule has 0 radical (unpaired) electrons. The van der Waals surface area contributed by atoms with Crippen molar-refractivity contribution in [2.45, 2.75) is 13.8 Å². The Balaban J connectivity index is 0.000000288. The third kappa shape index (κ3) is 11.2. The zero-order chi connectivity index (χ0) is 12.1. The molecule has 1 aromatic carbocycles. The van der Waals surface area contributed by atoms with Crippen molar-refractivity contribution in [1.29, 1.82) is 0 Å². The van der Waals surface area contributed by atoms with E-state index in [4.69, 9.17) is 14.6 Å². The lowest BCUT2D eigenvalue weighted by Crippen LogP contribution is -2.06. The summed E-state index contributed by atoms with van der Waals surface area (Å²) in [7, 11) is 0. The molecule has 0 aliphatic rings. The quantitative estimate of drug-likeness (QED) is 0.754. The lowest BCUT2D eigenvalue weighted by atomic mass is 10.2. The molecule has 3 nitrogen and oxygen atoms in total. The first-order chi connectivity index (χ1) is 7.81. The number of ether oxygens (including phenoxy) is 2. The van der Waals surface area contributed by atoms with Crippen molar-refractivity contribution in [1.82, 2.24) is 0 Å². The minimum absolute atomic E-state index is 0.0894. The summed E-state index contributed by atoms with van der Waals surface area (Å²) in [5, 5.41) is 8.26. The fourth-order valence-corrected chi connectivity index (χ4v) is 0.963. The molecule has 0 bridgehead atoms. The number of hydrogen-bond acceptors (Lipinski definition) is 3. The lowest BCUT2D eigenvalue weighted by Gasteiger charge is -2.00. The molecule has 0 saturated heterocycles. The third-order valence-electron chi connectivity index (χ3n) is 1.75. The van der Waals surface area contributed by atoms with E-state index < -0.39 is 0 Å². The van der Waals surface area contributed by atoms with Gasteiger partial charge in [0.05, 0.1) is 26.4 Å². The minimum Gasteiger partial charge on any atom is -0.394 e. The van der Waals surface area contributed by atoms with Gasteiger partial charge in [0.25, 0.3) is 0 Å². The summed E-state index contributed by atoms with van der Waals surface area (Å²) in [5.74, 6) is 0. The summed E-state index contributed by atoms with van der Waals surface area (Å²) in [6, 6.07) is 10.3. The number of aliphatic hydroxyl groups is 1. The second-order valence-electron chi connectivity index (χ2n) is 3.19. The topological polar surface area (TPSA) is 38.7 Å². The van der Waals surface area contributed by atoms with E-state index in [-0.39, 0.29) is 6.61 Å². The van der Waals surface area contributed by atoms with Crippen molar-refractivity contribution >= 4 is 0 Å². The first kappa shape index (κ1) is 15.1. The van der Waals surface area contributed by atoms with Gasteiger partial charge in [0.2, 0.25) is 0 Å². The highest BCUT2D eigenvalue weighted by atomic mass is 16.5. The van der Waals surface area contributed by atoms with E-state index in [2.05, 4.69) is 19.1 Å². The van der Waals surface area contributed by atoms with Gasteiger partial charge < -0.3 is 14.6 Å². The van der Waals surface area contributed by atoms with Crippen LogP contribution in [0.15, 0.2) is 30.3 Å². The number of hydrogen-bond donors (Lipinski definition) is 1. The maximum atomic E-state index is 8.26. The first-order valence-electron chi connectivity index (χ1n) is 5.59. The zero-order valence-corrected chi connectivity index (χ0v) is 10.2. The third-order valence-corrected chi connectivity index (χ3v) is 1.75. The van der Waals surface area contributed by atoms with Crippen molar-refractivity contribution in [2.24, 2.45) is 0 Å². The van der Waals surface area contributed by atoms with Crippen molar-refractivity contribution in [3.05, 3.63) is 35.9 Å². The summed E-state index contributed by atoms with van der Waals surface area (Å²) in [6.45, 7) is 6.44. The van der Waals surface area contributed by atoms with Gasteiger partial charge in [0.1, 0.15) is 0 Å². The van der Waals surface area contributed by atoms with Crippen molar-refractivity contribution in [2.75, 3.05) is 33.0 Å². The molecule has 1 N–H and O–H groups in total. The highest BCUT2D eigenvalue weighted by Gasteiger charge is 1.84. The summed E-state index contributed by atoms with van der Waals surface area (Å²) in [4.78, 5) is 0. The molecule has 16 heavy (non-hydrogen) atoms. The molecule has 1 aromatic rings. The molecule has 0 aliphatic heterocycles. The van der Waals surface area contributed by atoms with Gasteiger partial charge in [-0.2, -0.15) is 0 Å². The zero-order valence-electron chi connectivity index (χ0n) is 10.2. The molecule has 0 unspecified atom stereocenters. The van der Waals surface area contributed by atoms with Gasteiger partial charge in [-0.25, -0.2) is 0 Å². The van der Waals surface area contributed by atoms with Crippen molar-refractivity contribution < 1.29 is 14.6 Å². The molecular formula is C13H22O3. The highest BCUT2D eigenvalue weighted by Crippen LogP contribution is 1.92. The van der Waals surface area contributed by atoms with E-state index in [1.54, 1.807) is 0 Å². The lowest BCUT2D eigenvalue weighted by molar-refractivity contribution is 0.0370. The molecule has 92 valence electrons. The molecule has 0 amide bonds. The van der Waals surface area contributed by atoms with Crippen LogP contribution in [0.4, 0.5) is 0 Å². The Morgan fingerprint density at radius 2 is 1.62 bits per heavy atom. The van der Waals surface area contributed by atoms with Crippen LogP contribution in [-0.2, 0) is 9.47 Å². The smallest absolute Gasteiger partial charge is 0.0701 e. The van der Waals surface area contributed by atoms with Crippen LogP contribution in [0.1, 0.15) is 12.5 Å². The Bertz CT molecular complexity index is 218. The van der Waals surface area contributed by atoms with Gasteiger partial charge in [-0.05, 0) is 13.8 Å². The number of benzene rings is 1. The molecule has 0 atom stereocenters. The first-order valence-corrected chi connectivity index (χ1v) is 5.59. The van der Waals surface area contributed by atoms with Crippen molar-refractivity contribution in [3.63, 3.8) is 0 Å². The molecule has 0 heterocycles. The number of aryl methyl sites for hydroxylation is 1. The molecule has 1 rings (SSSR count). The monoisotopic (exact) mass is 226 g/mol. The molecule has 0 aliphatic carbocycles. The standard InChI is InChI=1S/C7H8.C6H14O3/c1-7-5-3-2-4-6-7;1-2-8-5-6-9-4-3-7/h2-6H,1H3;7H,2-6H2,1H3. The Morgan fingerprint density at radius 3 is 2.06 bits per heavy atom. The summed E-state index contributed by atoms with van der Waals surface area (Å²) in [6.07, 6.45) is 0. The number of aliphatic hydroxyl groups excluding tert-OH is 1. The van der Waals surface area contributed by atoms with Crippen molar-refractivity contribution in [3.8, 4) is 0 Å². The predicted octanol–water partition coefficient (Wildman–Crippen LogP) is 2.03. The Morgan fingerprint density at radius 1 is 1.00 bits per heavy atom. The maximum absolute atomic E-state index is 8.26. The van der Waals surface area contributed by atoms with Gasteiger partial charge in [-0.3, -0.25) is 0 Å². The van der Waals surface area contributed by atoms with E-state index in [1.807, 2.05) is 25.1 Å². The van der Waals surface area contributed by atoms with E-state index >= 15 is 0 Å². The van der Waals surface area contributed by atoms with E-state index in [9.17, 15) is 0 Å². The minimum atomic E-state index is 0.0894. The number of rotatable bonds is 6. The summed E-state index contributed by atoms with van der Waals surface area (Å²) < 4.78 is 9.88. The molecule has 0 aromatic heterocycles. The van der Waals surface area contributed by atoms with Gasteiger partial charge in [0.15, 0.2) is 0 Å².